The molecule has 9 heteroatoms. The van der Waals surface area contributed by atoms with Gasteiger partial charge in [0, 0.05) is 43.2 Å². The lowest BCUT2D eigenvalue weighted by atomic mass is 10.0. The molecule has 3 aromatic rings. The summed E-state index contributed by atoms with van der Waals surface area (Å²) in [6.45, 7) is 0.217. The van der Waals surface area contributed by atoms with Crippen molar-refractivity contribution in [3.63, 3.8) is 0 Å². The van der Waals surface area contributed by atoms with Crippen LogP contribution in [0.25, 0.3) is 22.2 Å². The third-order valence-electron chi connectivity index (χ3n) is 5.10. The fourth-order valence-electron chi connectivity index (χ4n) is 3.93. The number of aromatic hydroxyl groups is 1. The number of nitriles is 1. The lowest BCUT2D eigenvalue weighted by Crippen LogP contribution is -2.50. The monoisotopic (exact) mass is 398 g/mol. The standard InChI is InChI=1S/C20H20F2N6O/c1-27-10-13(8-20(21,22)11-27)24-19-18-15(5-6-28(18)2)17(25-26-19)14-4-3-12(9-23)7-16(14)29/h3-7,13,29H,8,10-11H2,1-2H3,(H,24,26)/t13-/m1/s1. The number of hydrogen-bond acceptors (Lipinski definition) is 6. The van der Waals surface area contributed by atoms with Crippen molar-refractivity contribution in [2.24, 2.45) is 7.05 Å². The first-order chi connectivity index (χ1) is 13.8. The Morgan fingerprint density at radius 3 is 2.76 bits per heavy atom. The molecule has 0 aliphatic carbocycles. The van der Waals surface area contributed by atoms with Gasteiger partial charge < -0.3 is 15.0 Å². The zero-order valence-electron chi connectivity index (χ0n) is 16.0. The molecule has 7 nitrogen and oxygen atoms in total. The number of nitrogens with zero attached hydrogens (tertiary/aromatic N) is 5. The number of nitrogens with one attached hydrogen (secondary N) is 1. The maximum absolute atomic E-state index is 14.0. The number of phenols is 1. The fraction of sp³-hybridized carbons (Fsp3) is 0.350. The second-order valence-corrected chi connectivity index (χ2v) is 7.53. The molecule has 0 spiro atoms. The van der Waals surface area contributed by atoms with Crippen molar-refractivity contribution < 1.29 is 13.9 Å². The minimum Gasteiger partial charge on any atom is -0.507 e. The van der Waals surface area contributed by atoms with Gasteiger partial charge in [0.2, 0.25) is 0 Å². The van der Waals surface area contributed by atoms with Gasteiger partial charge in [0.1, 0.15) is 11.4 Å². The molecule has 1 aliphatic rings. The Morgan fingerprint density at radius 2 is 2.07 bits per heavy atom. The van der Waals surface area contributed by atoms with Gasteiger partial charge in [-0.2, -0.15) is 5.26 Å². The lowest BCUT2D eigenvalue weighted by molar-refractivity contribution is -0.0611. The van der Waals surface area contributed by atoms with E-state index in [0.717, 1.165) is 5.39 Å². The number of halogens is 2. The number of aryl methyl sites for hydroxylation is 1. The van der Waals surface area contributed by atoms with Crippen molar-refractivity contribution in [2.75, 3.05) is 25.5 Å². The number of alkyl halides is 2. The quantitative estimate of drug-likeness (QED) is 0.705. The summed E-state index contributed by atoms with van der Waals surface area (Å²) in [5.41, 5.74) is 1.95. The van der Waals surface area contributed by atoms with Gasteiger partial charge in [-0.15, -0.1) is 10.2 Å². The van der Waals surface area contributed by atoms with E-state index in [9.17, 15) is 13.9 Å². The zero-order chi connectivity index (χ0) is 20.8. The Bertz CT molecular complexity index is 1120. The number of anilines is 1. The summed E-state index contributed by atoms with van der Waals surface area (Å²) in [6.07, 6.45) is 1.55. The third kappa shape index (κ3) is 3.59. The van der Waals surface area contributed by atoms with E-state index in [1.54, 1.807) is 24.1 Å². The fourth-order valence-corrected chi connectivity index (χ4v) is 3.93. The summed E-state index contributed by atoms with van der Waals surface area (Å²) in [6, 6.07) is 7.93. The highest BCUT2D eigenvalue weighted by molar-refractivity contribution is 5.99. The summed E-state index contributed by atoms with van der Waals surface area (Å²) in [5.74, 6) is -2.42. The number of benzene rings is 1. The second-order valence-electron chi connectivity index (χ2n) is 7.53. The molecule has 1 saturated heterocycles. The van der Waals surface area contributed by atoms with E-state index in [1.807, 2.05) is 29.9 Å². The van der Waals surface area contributed by atoms with E-state index in [-0.39, 0.29) is 18.7 Å². The number of rotatable bonds is 3. The lowest BCUT2D eigenvalue weighted by Gasteiger charge is -2.35. The summed E-state index contributed by atoms with van der Waals surface area (Å²) in [7, 11) is 3.50. The highest BCUT2D eigenvalue weighted by Gasteiger charge is 2.39. The minimum atomic E-state index is -2.76. The molecule has 0 unspecified atom stereocenters. The van der Waals surface area contributed by atoms with Crippen LogP contribution in [0.2, 0.25) is 0 Å². The molecule has 2 aromatic heterocycles. The van der Waals surface area contributed by atoms with Gasteiger partial charge in [-0.3, -0.25) is 4.90 Å². The van der Waals surface area contributed by atoms with Crippen LogP contribution in [0, 0.1) is 11.3 Å². The summed E-state index contributed by atoms with van der Waals surface area (Å²) >= 11 is 0. The first-order valence-corrected chi connectivity index (χ1v) is 9.15. The van der Waals surface area contributed by atoms with Crippen LogP contribution in [0.5, 0.6) is 5.75 Å². The maximum Gasteiger partial charge on any atom is 0.262 e. The van der Waals surface area contributed by atoms with Crippen LogP contribution in [0.4, 0.5) is 14.6 Å². The van der Waals surface area contributed by atoms with Gasteiger partial charge >= 0.3 is 0 Å². The zero-order valence-corrected chi connectivity index (χ0v) is 16.0. The summed E-state index contributed by atoms with van der Waals surface area (Å²) < 4.78 is 29.8. The second kappa shape index (κ2) is 6.97. The first kappa shape index (κ1) is 19.1. The predicted octanol–water partition coefficient (Wildman–Crippen LogP) is 2.96. The van der Waals surface area contributed by atoms with E-state index < -0.39 is 12.0 Å². The first-order valence-electron chi connectivity index (χ1n) is 9.15. The molecule has 0 radical (unpaired) electrons. The van der Waals surface area contributed by atoms with E-state index >= 15 is 0 Å². The van der Waals surface area contributed by atoms with Gasteiger partial charge in [-0.25, -0.2) is 8.78 Å². The molecule has 0 bridgehead atoms. The number of fused-ring (bicyclic) bond motifs is 1. The third-order valence-corrected chi connectivity index (χ3v) is 5.10. The van der Waals surface area contributed by atoms with Crippen LogP contribution >= 0.6 is 0 Å². The number of phenolic OH excluding ortho intramolecular Hbond substituents is 1. The van der Waals surface area contributed by atoms with Crippen LogP contribution in [0.1, 0.15) is 12.0 Å². The average Bonchev–Trinajstić information content (AvgIpc) is 3.03. The number of likely N-dealkylation sites (tertiary alicyclic amines) is 1. The highest BCUT2D eigenvalue weighted by Crippen LogP contribution is 2.36. The number of likely N-dealkylation sites (N-methyl/N-ethyl adjacent to an activating group) is 1. The predicted molar refractivity (Wildman–Crippen MR) is 105 cm³/mol. The molecule has 29 heavy (non-hydrogen) atoms. The molecular formula is C20H20F2N6O. The van der Waals surface area contributed by atoms with Crippen molar-refractivity contribution >= 4 is 16.7 Å². The summed E-state index contributed by atoms with van der Waals surface area (Å²) in [5, 5.41) is 31.7. The minimum absolute atomic E-state index is 0.0715. The van der Waals surface area contributed by atoms with Gasteiger partial charge in [-0.05, 0) is 31.3 Å². The van der Waals surface area contributed by atoms with E-state index in [1.165, 1.54) is 6.07 Å². The maximum atomic E-state index is 14.0. The molecule has 0 saturated carbocycles. The normalized spacial score (nSPS) is 19.2. The average molecular weight is 398 g/mol. The molecule has 4 rings (SSSR count). The topological polar surface area (TPSA) is 90.0 Å². The van der Waals surface area contributed by atoms with Crippen molar-refractivity contribution in [2.45, 2.75) is 18.4 Å². The smallest absolute Gasteiger partial charge is 0.262 e. The molecule has 1 aliphatic heterocycles. The van der Waals surface area contributed by atoms with Crippen molar-refractivity contribution in [3.05, 3.63) is 36.0 Å². The van der Waals surface area contributed by atoms with E-state index in [2.05, 4.69) is 15.5 Å². The molecule has 0 amide bonds. The molecule has 1 fully saturated rings. The van der Waals surface area contributed by atoms with Gasteiger partial charge in [0.25, 0.3) is 5.92 Å². The Hall–Kier alpha value is -3.25. The highest BCUT2D eigenvalue weighted by atomic mass is 19.3. The van der Waals surface area contributed by atoms with E-state index in [4.69, 9.17) is 5.26 Å². The Kier molecular flexibility index (Phi) is 4.59. The number of hydrogen-bond donors (Lipinski definition) is 2. The van der Waals surface area contributed by atoms with Crippen LogP contribution in [-0.4, -0.2) is 56.9 Å². The Labute approximate surface area is 166 Å². The van der Waals surface area contributed by atoms with Crippen molar-refractivity contribution in [1.82, 2.24) is 19.7 Å². The van der Waals surface area contributed by atoms with Crippen LogP contribution < -0.4 is 5.32 Å². The number of aromatic nitrogens is 3. The largest absolute Gasteiger partial charge is 0.507 e. The van der Waals surface area contributed by atoms with Crippen LogP contribution in [0.3, 0.4) is 0 Å². The van der Waals surface area contributed by atoms with Crippen LogP contribution in [0.15, 0.2) is 30.5 Å². The van der Waals surface area contributed by atoms with Gasteiger partial charge in [0.15, 0.2) is 5.82 Å². The van der Waals surface area contributed by atoms with Gasteiger partial charge in [0.05, 0.1) is 23.7 Å². The Balaban J connectivity index is 1.75. The molecule has 1 atom stereocenters. The molecule has 150 valence electrons. The molecule has 2 N–H and O–H groups in total. The van der Waals surface area contributed by atoms with Crippen molar-refractivity contribution in [3.8, 4) is 23.1 Å². The Morgan fingerprint density at radius 1 is 1.28 bits per heavy atom. The molecule has 3 heterocycles. The van der Waals surface area contributed by atoms with E-state index in [0.29, 0.717) is 34.7 Å². The molecular weight excluding hydrogens is 378 g/mol. The molecule has 1 aromatic carbocycles. The van der Waals surface area contributed by atoms with Gasteiger partial charge in [-0.1, -0.05) is 0 Å². The van der Waals surface area contributed by atoms with Crippen molar-refractivity contribution in [1.29, 1.82) is 5.26 Å². The number of piperidine rings is 1. The van der Waals surface area contributed by atoms with Crippen LogP contribution in [-0.2, 0) is 7.05 Å². The summed E-state index contributed by atoms with van der Waals surface area (Å²) in [4.78, 5) is 1.60. The SMILES string of the molecule is CN1C[C@H](Nc2nnc(-c3ccc(C#N)cc3O)c3ccn(C)c23)CC(F)(F)C1.